The third-order valence-corrected chi connectivity index (χ3v) is 13.6. The molecular formula is C65H63N3. The standard InChI is InChI=1S/C59H45N3.3C2H6/c1-39-48-23-13-14-24-50(48)51-36-46(32-33-49(39)51)61(44-21-11-6-12-22-44)47-37-53-52-35-41(29-34-56(52)62-57-26-16-15-25-54(57)59(2,3)55(38-47)58(53)62)40-27-30-45(31-28-40)60(42-17-7-4-8-18-42)43-19-9-5-10-20-43;3*1-2/h4-39H,1-3H3;3*1-2H3. The van der Waals surface area contributed by atoms with Crippen molar-refractivity contribution >= 4 is 55.9 Å². The molecule has 68 heavy (non-hydrogen) atoms. The lowest BCUT2D eigenvalue weighted by atomic mass is 9.74. The zero-order chi connectivity index (χ0) is 47.5. The molecule has 9 aromatic carbocycles. The molecule has 10 aromatic rings. The third kappa shape index (κ3) is 7.66. The molecule has 2 heterocycles. The molecule has 0 spiro atoms. The van der Waals surface area contributed by atoms with Gasteiger partial charge in [0.05, 0.1) is 16.7 Å². The second-order valence-electron chi connectivity index (χ2n) is 17.4. The van der Waals surface area contributed by atoms with E-state index >= 15 is 0 Å². The van der Waals surface area contributed by atoms with Crippen LogP contribution in [0.25, 0.3) is 49.7 Å². The number of nitrogens with zero attached hydrogens (tertiary/aromatic N) is 3. The minimum absolute atomic E-state index is 0.244. The molecule has 0 saturated carbocycles. The molecular weight excluding hydrogens is 823 g/mol. The summed E-state index contributed by atoms with van der Waals surface area (Å²) in [6, 6.07) is 78.1. The van der Waals surface area contributed by atoms with Gasteiger partial charge in [0.1, 0.15) is 0 Å². The van der Waals surface area contributed by atoms with Gasteiger partial charge in [-0.05, 0) is 136 Å². The van der Waals surface area contributed by atoms with Crippen LogP contribution in [0.3, 0.4) is 0 Å². The molecule has 3 heteroatoms. The first-order chi connectivity index (χ1) is 33.4. The molecule has 1 aliphatic heterocycles. The minimum Gasteiger partial charge on any atom is -0.311 e. The minimum atomic E-state index is -0.244. The molecule has 0 amide bonds. The summed E-state index contributed by atoms with van der Waals surface area (Å²) in [5.41, 5.74) is 20.8. The van der Waals surface area contributed by atoms with Crippen LogP contribution in [-0.2, 0) is 5.41 Å². The maximum absolute atomic E-state index is 2.52. The van der Waals surface area contributed by atoms with Crippen molar-refractivity contribution in [2.75, 3.05) is 9.80 Å². The average molecular weight is 886 g/mol. The second kappa shape index (κ2) is 19.3. The van der Waals surface area contributed by atoms with E-state index in [-0.39, 0.29) is 5.41 Å². The van der Waals surface area contributed by atoms with Gasteiger partial charge in [-0.1, -0.05) is 184 Å². The van der Waals surface area contributed by atoms with E-state index in [1.54, 1.807) is 0 Å². The van der Waals surface area contributed by atoms with Gasteiger partial charge in [0.15, 0.2) is 0 Å². The lowest BCUT2D eigenvalue weighted by Crippen LogP contribution is -2.26. The van der Waals surface area contributed by atoms with E-state index in [2.05, 4.69) is 247 Å². The van der Waals surface area contributed by atoms with Crippen LogP contribution in [-0.4, -0.2) is 4.57 Å². The highest BCUT2D eigenvalue weighted by Crippen LogP contribution is 2.52. The Balaban J connectivity index is 0.000000928. The quantitative estimate of drug-likeness (QED) is 0.158. The molecule has 0 fully saturated rings. The summed E-state index contributed by atoms with van der Waals surface area (Å²) in [6.45, 7) is 19.1. The molecule has 12 rings (SSSR count). The van der Waals surface area contributed by atoms with Crippen LogP contribution in [0, 0.1) is 0 Å². The number of aromatic nitrogens is 1. The predicted octanol–water partition coefficient (Wildman–Crippen LogP) is 19.2. The van der Waals surface area contributed by atoms with Gasteiger partial charge in [0.2, 0.25) is 0 Å². The normalized spacial score (nSPS) is 13.3. The first-order valence-corrected chi connectivity index (χ1v) is 24.8. The molecule has 1 aliphatic carbocycles. The van der Waals surface area contributed by atoms with Crippen molar-refractivity contribution in [1.82, 2.24) is 4.57 Å². The lowest BCUT2D eigenvalue weighted by molar-refractivity contribution is 0.630. The van der Waals surface area contributed by atoms with Gasteiger partial charge in [0.25, 0.3) is 0 Å². The van der Waals surface area contributed by atoms with Crippen LogP contribution in [0.15, 0.2) is 212 Å². The van der Waals surface area contributed by atoms with Crippen molar-refractivity contribution in [3.63, 3.8) is 0 Å². The van der Waals surface area contributed by atoms with Gasteiger partial charge >= 0.3 is 0 Å². The molecule has 3 nitrogen and oxygen atoms in total. The number of rotatable bonds is 7. The summed E-state index contributed by atoms with van der Waals surface area (Å²) >= 11 is 0. The number of hydrogen-bond acceptors (Lipinski definition) is 2. The molecule has 338 valence electrons. The Hall–Kier alpha value is -7.62. The SMILES string of the molecule is CC.CC.CC.CC1c2ccccc2-c2cc(N(c3ccccc3)c3cc4c5c(c3)c3cc(-c6ccc(N(c7ccccc7)c7ccccc7)cc6)ccc3n5-c3ccccc3C4(C)C)ccc21. The van der Waals surface area contributed by atoms with Gasteiger partial charge < -0.3 is 14.4 Å². The molecule has 0 bridgehead atoms. The van der Waals surface area contributed by atoms with Crippen LogP contribution in [0.2, 0.25) is 0 Å². The van der Waals surface area contributed by atoms with E-state index in [4.69, 9.17) is 0 Å². The number of fused-ring (bicyclic) bond motifs is 8. The summed E-state index contributed by atoms with van der Waals surface area (Å²) in [5, 5.41) is 2.51. The maximum atomic E-state index is 2.52. The zero-order valence-electron chi connectivity index (χ0n) is 41.1. The summed E-state index contributed by atoms with van der Waals surface area (Å²) in [5.74, 6) is 0.366. The fraction of sp³-hybridized carbons (Fsp3) is 0.169. The monoisotopic (exact) mass is 886 g/mol. The van der Waals surface area contributed by atoms with E-state index in [0.717, 1.165) is 34.1 Å². The van der Waals surface area contributed by atoms with Gasteiger partial charge in [0, 0.05) is 56.2 Å². The Morgan fingerprint density at radius 2 is 0.882 bits per heavy atom. The Kier molecular flexibility index (Phi) is 12.9. The Bertz CT molecular complexity index is 3290. The van der Waals surface area contributed by atoms with Crippen LogP contribution >= 0.6 is 0 Å². The molecule has 2 aliphatic rings. The number of anilines is 6. The summed E-state index contributed by atoms with van der Waals surface area (Å²) < 4.78 is 2.52. The van der Waals surface area contributed by atoms with Crippen LogP contribution < -0.4 is 9.80 Å². The van der Waals surface area contributed by atoms with Crippen molar-refractivity contribution in [3.05, 3.63) is 235 Å². The zero-order valence-corrected chi connectivity index (χ0v) is 41.1. The van der Waals surface area contributed by atoms with Crippen molar-refractivity contribution in [2.24, 2.45) is 0 Å². The molecule has 1 unspecified atom stereocenters. The summed E-state index contributed by atoms with van der Waals surface area (Å²) in [6.07, 6.45) is 0. The first kappa shape index (κ1) is 45.5. The van der Waals surface area contributed by atoms with E-state index < -0.39 is 0 Å². The Labute approximate surface area is 404 Å². The number of benzene rings is 9. The molecule has 0 N–H and O–H groups in total. The van der Waals surface area contributed by atoms with Crippen LogP contribution in [0.4, 0.5) is 34.1 Å². The number of hydrogen-bond donors (Lipinski definition) is 0. The van der Waals surface area contributed by atoms with Gasteiger partial charge in [-0.3, -0.25) is 0 Å². The van der Waals surface area contributed by atoms with Crippen molar-refractivity contribution in [1.29, 1.82) is 0 Å². The smallest absolute Gasteiger partial charge is 0.0583 e. The van der Waals surface area contributed by atoms with E-state index in [0.29, 0.717) is 5.92 Å². The molecule has 0 saturated heterocycles. The highest BCUT2D eigenvalue weighted by atomic mass is 15.1. The summed E-state index contributed by atoms with van der Waals surface area (Å²) in [4.78, 5) is 4.78. The fourth-order valence-electron chi connectivity index (χ4n) is 10.5. The molecule has 1 aromatic heterocycles. The highest BCUT2D eigenvalue weighted by molar-refractivity contribution is 6.14. The van der Waals surface area contributed by atoms with Gasteiger partial charge in [-0.2, -0.15) is 0 Å². The Morgan fingerprint density at radius 1 is 0.382 bits per heavy atom. The van der Waals surface area contributed by atoms with E-state index in [1.165, 1.54) is 72.0 Å². The van der Waals surface area contributed by atoms with Gasteiger partial charge in [-0.25, -0.2) is 0 Å². The first-order valence-electron chi connectivity index (χ1n) is 24.8. The largest absolute Gasteiger partial charge is 0.311 e. The third-order valence-electron chi connectivity index (χ3n) is 13.6. The molecule has 1 atom stereocenters. The van der Waals surface area contributed by atoms with E-state index in [9.17, 15) is 0 Å². The van der Waals surface area contributed by atoms with Crippen molar-refractivity contribution in [2.45, 2.75) is 73.6 Å². The highest BCUT2D eigenvalue weighted by Gasteiger charge is 2.36. The second-order valence-corrected chi connectivity index (χ2v) is 17.4. The average Bonchev–Trinajstić information content (AvgIpc) is 3.89. The Morgan fingerprint density at radius 3 is 1.51 bits per heavy atom. The van der Waals surface area contributed by atoms with Crippen LogP contribution in [0.5, 0.6) is 0 Å². The molecule has 0 radical (unpaired) electrons. The van der Waals surface area contributed by atoms with Crippen LogP contribution in [0.1, 0.15) is 90.5 Å². The lowest BCUT2D eigenvalue weighted by Gasteiger charge is -2.36. The van der Waals surface area contributed by atoms with E-state index in [1.807, 2.05) is 41.5 Å². The predicted molar refractivity (Wildman–Crippen MR) is 295 cm³/mol. The van der Waals surface area contributed by atoms with Crippen molar-refractivity contribution in [3.8, 4) is 27.9 Å². The topological polar surface area (TPSA) is 11.4 Å². The van der Waals surface area contributed by atoms with Gasteiger partial charge in [-0.15, -0.1) is 0 Å². The maximum Gasteiger partial charge on any atom is 0.0583 e. The number of para-hydroxylation sites is 4. The summed E-state index contributed by atoms with van der Waals surface area (Å²) in [7, 11) is 0. The fourth-order valence-corrected chi connectivity index (χ4v) is 10.5. The van der Waals surface area contributed by atoms with Crippen molar-refractivity contribution < 1.29 is 0 Å².